The first-order chi connectivity index (χ1) is 17.6. The normalized spacial score (nSPS) is 20.1. The Kier molecular flexibility index (Phi) is 7.08. The maximum atomic E-state index is 13.5. The molecule has 0 saturated heterocycles. The van der Waals surface area contributed by atoms with E-state index in [0.29, 0.717) is 34.6 Å². The molecule has 0 aromatic heterocycles. The van der Waals surface area contributed by atoms with Gasteiger partial charge in [-0.2, -0.15) is 21.6 Å². The molecule has 0 N–H and O–H groups in total. The molecule has 10 heteroatoms. The Morgan fingerprint density at radius 3 is 1.89 bits per heavy atom. The van der Waals surface area contributed by atoms with Crippen molar-refractivity contribution in [3.05, 3.63) is 46.5 Å². The van der Waals surface area contributed by atoms with E-state index in [-0.39, 0.29) is 16.2 Å². The van der Waals surface area contributed by atoms with E-state index in [1.165, 1.54) is 12.5 Å². The summed E-state index contributed by atoms with van der Waals surface area (Å²) in [4.78, 5) is 26.7. The predicted molar refractivity (Wildman–Crippen MR) is 131 cm³/mol. The number of amides is 2. The van der Waals surface area contributed by atoms with Gasteiger partial charge >= 0.3 is 15.6 Å². The van der Waals surface area contributed by atoms with Gasteiger partial charge in [0.05, 0.1) is 11.1 Å². The number of halogens is 3. The Morgan fingerprint density at radius 2 is 1.32 bits per heavy atom. The largest absolute Gasteiger partial charge is 0.525 e. The smallest absolute Gasteiger partial charge is 0.266 e. The molecule has 2 fully saturated rings. The van der Waals surface area contributed by atoms with E-state index < -0.39 is 27.4 Å². The van der Waals surface area contributed by atoms with E-state index in [2.05, 4.69) is 4.28 Å². The molecule has 0 spiro atoms. The Bertz CT molecular complexity index is 1330. The maximum Gasteiger partial charge on any atom is 0.525 e. The summed E-state index contributed by atoms with van der Waals surface area (Å²) in [6, 6.07) is 6.97. The predicted octanol–water partition coefficient (Wildman–Crippen LogP) is 6.46. The van der Waals surface area contributed by atoms with Gasteiger partial charge in [-0.25, -0.2) is 0 Å². The summed E-state index contributed by atoms with van der Waals surface area (Å²) in [5.41, 5.74) is -4.16. The first-order valence-electron chi connectivity index (χ1n) is 13.0. The Labute approximate surface area is 214 Å². The molecule has 37 heavy (non-hydrogen) atoms. The molecular weight excluding hydrogens is 507 g/mol. The fourth-order valence-corrected chi connectivity index (χ4v) is 6.65. The summed E-state index contributed by atoms with van der Waals surface area (Å²) in [7, 11) is -6.22. The van der Waals surface area contributed by atoms with Crippen molar-refractivity contribution in [2.75, 3.05) is 0 Å². The number of hydroxylamine groups is 2. The lowest BCUT2D eigenvalue weighted by molar-refractivity contribution is -0.0761. The number of nitrogens with zero attached hydrogens (tertiary/aromatic N) is 1. The number of carbonyl (C=O) groups is 2. The van der Waals surface area contributed by atoms with Gasteiger partial charge in [0.2, 0.25) is 0 Å². The van der Waals surface area contributed by atoms with Crippen LogP contribution < -0.4 is 0 Å². The zero-order valence-corrected chi connectivity index (χ0v) is 21.3. The van der Waals surface area contributed by atoms with Crippen molar-refractivity contribution in [3.8, 4) is 0 Å². The molecule has 200 valence electrons. The third-order valence-electron chi connectivity index (χ3n) is 8.09. The van der Waals surface area contributed by atoms with Crippen LogP contribution in [0.3, 0.4) is 0 Å². The van der Waals surface area contributed by atoms with Crippen molar-refractivity contribution in [1.29, 1.82) is 0 Å². The first kappa shape index (κ1) is 26.2. The Hall–Kier alpha value is -2.46. The molecule has 1 aliphatic heterocycles. The number of benzene rings is 2. The van der Waals surface area contributed by atoms with Crippen LogP contribution in [0.25, 0.3) is 10.8 Å². The summed E-state index contributed by atoms with van der Waals surface area (Å²) in [6.45, 7) is 0. The van der Waals surface area contributed by atoms with Crippen LogP contribution in [0.5, 0.6) is 0 Å². The number of alkyl halides is 3. The quantitative estimate of drug-likeness (QED) is 0.312. The van der Waals surface area contributed by atoms with Crippen LogP contribution in [0.2, 0.25) is 0 Å². The van der Waals surface area contributed by atoms with E-state index in [1.54, 1.807) is 6.07 Å². The molecule has 2 aliphatic carbocycles. The van der Waals surface area contributed by atoms with Crippen molar-refractivity contribution in [2.24, 2.45) is 11.8 Å². The standard InChI is InChI=1S/C27H30F3NO5S/c28-27(29,30)37(34,35)36-31-25(32)22-14-11-19(15-17-7-3-1-4-8-17)21-13-12-20(23(24(21)22)26(31)33)16-18-9-5-2-6-10-18/h11-14,17-18H,1-10,15-16H2. The van der Waals surface area contributed by atoms with Crippen LogP contribution in [-0.2, 0) is 27.2 Å². The van der Waals surface area contributed by atoms with Crippen LogP contribution in [-0.4, -0.2) is 30.8 Å². The van der Waals surface area contributed by atoms with Crippen molar-refractivity contribution in [1.82, 2.24) is 5.06 Å². The molecule has 5 rings (SSSR count). The lowest BCUT2D eigenvalue weighted by Gasteiger charge is -2.30. The minimum atomic E-state index is -6.22. The lowest BCUT2D eigenvalue weighted by atomic mass is 9.79. The van der Waals surface area contributed by atoms with Gasteiger partial charge in [-0.05, 0) is 47.3 Å². The van der Waals surface area contributed by atoms with E-state index in [4.69, 9.17) is 0 Å². The van der Waals surface area contributed by atoms with E-state index in [1.807, 2.05) is 12.1 Å². The monoisotopic (exact) mass is 537 g/mol. The van der Waals surface area contributed by atoms with E-state index in [9.17, 15) is 31.2 Å². The summed E-state index contributed by atoms with van der Waals surface area (Å²) >= 11 is 0. The topological polar surface area (TPSA) is 80.8 Å². The van der Waals surface area contributed by atoms with Crippen LogP contribution in [0.4, 0.5) is 13.2 Å². The van der Waals surface area contributed by atoms with E-state index >= 15 is 0 Å². The SMILES string of the molecule is O=C1c2ccc(CC3CCCCC3)c3ccc(CC4CCCCC4)c(c23)C(=O)N1OS(=O)(=O)C(F)(F)F. The molecule has 6 nitrogen and oxygen atoms in total. The Morgan fingerprint density at radius 1 is 0.784 bits per heavy atom. The average Bonchev–Trinajstić information content (AvgIpc) is 2.86. The van der Waals surface area contributed by atoms with E-state index in [0.717, 1.165) is 69.8 Å². The summed E-state index contributed by atoms with van der Waals surface area (Å²) in [6.07, 6.45) is 12.3. The minimum Gasteiger partial charge on any atom is -0.266 e. The zero-order valence-electron chi connectivity index (χ0n) is 20.5. The van der Waals surface area contributed by atoms with Crippen molar-refractivity contribution < 1.29 is 35.5 Å². The van der Waals surface area contributed by atoms with Gasteiger partial charge in [-0.3, -0.25) is 9.59 Å². The molecule has 1 heterocycles. The van der Waals surface area contributed by atoms with Gasteiger partial charge in [-0.15, -0.1) is 9.35 Å². The molecule has 0 atom stereocenters. The number of hydrogen-bond donors (Lipinski definition) is 0. The molecule has 0 unspecified atom stereocenters. The summed E-state index contributed by atoms with van der Waals surface area (Å²) < 4.78 is 66.8. The number of imide groups is 1. The number of hydrogen-bond acceptors (Lipinski definition) is 5. The molecular formula is C27H30F3NO5S. The third kappa shape index (κ3) is 5.02. The molecule has 2 saturated carbocycles. The summed E-state index contributed by atoms with van der Waals surface area (Å²) in [5, 5.41) is 0.872. The fourth-order valence-electron chi connectivity index (χ4n) is 6.24. The van der Waals surface area contributed by atoms with Crippen molar-refractivity contribution >= 4 is 32.7 Å². The van der Waals surface area contributed by atoms with Crippen molar-refractivity contribution in [3.63, 3.8) is 0 Å². The fraction of sp³-hybridized carbons (Fsp3) is 0.556. The molecule has 2 aromatic carbocycles. The maximum absolute atomic E-state index is 13.5. The van der Waals surface area contributed by atoms with Gasteiger partial charge in [-0.1, -0.05) is 82.4 Å². The molecule has 0 radical (unpaired) electrons. The lowest BCUT2D eigenvalue weighted by Crippen LogP contribution is -2.44. The van der Waals surface area contributed by atoms with Crippen LogP contribution in [0.15, 0.2) is 24.3 Å². The minimum absolute atomic E-state index is 0.0279. The second-order valence-corrected chi connectivity index (χ2v) is 12.1. The number of carbonyl (C=O) groups excluding carboxylic acids is 2. The highest BCUT2D eigenvalue weighted by atomic mass is 32.2. The molecule has 3 aliphatic rings. The second kappa shape index (κ2) is 10.0. The highest BCUT2D eigenvalue weighted by Crippen LogP contribution is 2.39. The van der Waals surface area contributed by atoms with Gasteiger partial charge in [0.1, 0.15) is 0 Å². The average molecular weight is 538 g/mol. The highest BCUT2D eigenvalue weighted by molar-refractivity contribution is 7.87. The van der Waals surface area contributed by atoms with Crippen LogP contribution in [0.1, 0.15) is 96.1 Å². The number of rotatable bonds is 6. The van der Waals surface area contributed by atoms with Gasteiger partial charge < -0.3 is 0 Å². The zero-order chi connectivity index (χ0) is 26.4. The van der Waals surface area contributed by atoms with Gasteiger partial charge in [0.25, 0.3) is 11.8 Å². The third-order valence-corrected chi connectivity index (χ3v) is 9.01. The molecule has 2 aromatic rings. The first-order valence-corrected chi connectivity index (χ1v) is 14.4. The molecule has 2 amide bonds. The van der Waals surface area contributed by atoms with Crippen LogP contribution in [0, 0.1) is 11.8 Å². The van der Waals surface area contributed by atoms with Crippen molar-refractivity contribution in [2.45, 2.75) is 82.6 Å². The van der Waals surface area contributed by atoms with Gasteiger partial charge in [0.15, 0.2) is 0 Å². The highest BCUT2D eigenvalue weighted by Gasteiger charge is 2.52. The molecule has 0 bridgehead atoms. The van der Waals surface area contributed by atoms with Gasteiger partial charge in [0, 0.05) is 5.39 Å². The second-order valence-electron chi connectivity index (χ2n) is 10.6. The van der Waals surface area contributed by atoms with Crippen LogP contribution >= 0.6 is 0 Å². The summed E-state index contributed by atoms with van der Waals surface area (Å²) in [5.74, 6) is -1.60. The Balaban J connectivity index is 1.61.